The molecule has 6 nitrogen and oxygen atoms in total. The lowest BCUT2D eigenvalue weighted by Gasteiger charge is -2.32. The van der Waals surface area contributed by atoms with Crippen molar-refractivity contribution in [3.05, 3.63) is 0 Å². The second-order valence-corrected chi connectivity index (χ2v) is 6.52. The average Bonchev–Trinajstić information content (AvgIpc) is 2.24. The van der Waals surface area contributed by atoms with E-state index in [0.717, 1.165) is 25.9 Å². The van der Waals surface area contributed by atoms with E-state index >= 15 is 0 Å². The highest BCUT2D eigenvalue weighted by molar-refractivity contribution is 7.89. The van der Waals surface area contributed by atoms with Crippen LogP contribution in [0.3, 0.4) is 0 Å². The minimum Gasteiger partial charge on any atom is -0.356 e. The average molecular weight is 263 g/mol. The van der Waals surface area contributed by atoms with Crippen LogP contribution in [-0.4, -0.2) is 39.7 Å². The van der Waals surface area contributed by atoms with Gasteiger partial charge >= 0.3 is 0 Å². The minimum atomic E-state index is -3.42. The summed E-state index contributed by atoms with van der Waals surface area (Å²) in [5.74, 6) is -0.0839. The van der Waals surface area contributed by atoms with Crippen LogP contribution in [0.2, 0.25) is 0 Å². The van der Waals surface area contributed by atoms with Crippen LogP contribution in [0.1, 0.15) is 26.2 Å². The monoisotopic (exact) mass is 263 g/mol. The fraction of sp³-hybridized carbons (Fsp3) is 0.900. The third-order valence-electron chi connectivity index (χ3n) is 3.15. The van der Waals surface area contributed by atoms with Gasteiger partial charge < -0.3 is 10.6 Å². The molecule has 1 amide bonds. The molecule has 0 aromatic heterocycles. The van der Waals surface area contributed by atoms with Gasteiger partial charge in [-0.15, -0.1) is 0 Å². The molecule has 7 heteroatoms. The third-order valence-corrected chi connectivity index (χ3v) is 4.00. The first-order valence-corrected chi connectivity index (χ1v) is 7.55. The molecule has 1 heterocycles. The lowest BCUT2D eigenvalue weighted by atomic mass is 9.80. The maximum Gasteiger partial charge on any atom is 0.226 e. The molecule has 1 aliphatic rings. The molecule has 0 aliphatic carbocycles. The van der Waals surface area contributed by atoms with Crippen molar-refractivity contribution < 1.29 is 13.2 Å². The molecule has 17 heavy (non-hydrogen) atoms. The smallest absolute Gasteiger partial charge is 0.226 e. The van der Waals surface area contributed by atoms with Crippen molar-refractivity contribution in [1.29, 1.82) is 0 Å². The van der Waals surface area contributed by atoms with Gasteiger partial charge in [0.15, 0.2) is 0 Å². The number of hydrogen-bond donors (Lipinski definition) is 3. The van der Waals surface area contributed by atoms with Gasteiger partial charge in [-0.3, -0.25) is 4.79 Å². The summed E-state index contributed by atoms with van der Waals surface area (Å²) in [6.45, 7) is 4.00. The molecule has 1 aliphatic heterocycles. The molecule has 1 rings (SSSR count). The lowest BCUT2D eigenvalue weighted by molar-refractivity contribution is -0.131. The van der Waals surface area contributed by atoms with E-state index in [1.807, 2.05) is 6.92 Å². The molecular formula is C10H21N3O3S. The molecule has 4 N–H and O–H groups in total. The van der Waals surface area contributed by atoms with Crippen LogP contribution in [-0.2, 0) is 14.8 Å². The van der Waals surface area contributed by atoms with Gasteiger partial charge in [0.2, 0.25) is 15.9 Å². The van der Waals surface area contributed by atoms with Crippen molar-refractivity contribution in [2.24, 2.45) is 10.6 Å². The summed E-state index contributed by atoms with van der Waals surface area (Å²) in [6.07, 6.45) is 1.99. The van der Waals surface area contributed by atoms with Gasteiger partial charge in [0.25, 0.3) is 0 Å². The van der Waals surface area contributed by atoms with Crippen molar-refractivity contribution >= 4 is 15.9 Å². The Morgan fingerprint density at radius 2 is 2.00 bits per heavy atom. The van der Waals surface area contributed by atoms with Crippen LogP contribution in [0.4, 0.5) is 0 Å². The highest BCUT2D eigenvalue weighted by atomic mass is 32.2. The lowest BCUT2D eigenvalue weighted by Crippen LogP contribution is -2.46. The Labute approximate surface area is 102 Å². The minimum absolute atomic E-state index is 0.00780. The zero-order valence-corrected chi connectivity index (χ0v) is 11.0. The zero-order chi connectivity index (χ0) is 12.9. The summed E-state index contributed by atoms with van der Waals surface area (Å²) in [4.78, 5) is 11.9. The Hall–Kier alpha value is -0.660. The summed E-state index contributed by atoms with van der Waals surface area (Å²) >= 11 is 0. The number of carbonyl (C=O) groups excluding carboxylic acids is 1. The molecule has 0 saturated carbocycles. The standard InChI is InChI=1S/C10H21N3O3S/c1-10(3-6-12-7-4-10)9(14)13-5-2-8-17(11,15)16/h12H,2-8H2,1H3,(H,13,14)(H2,11,15,16). The largest absolute Gasteiger partial charge is 0.356 e. The Balaban J connectivity index is 2.29. The fourth-order valence-electron chi connectivity index (χ4n) is 1.89. The van der Waals surface area contributed by atoms with Gasteiger partial charge in [-0.2, -0.15) is 0 Å². The van der Waals surface area contributed by atoms with Crippen LogP contribution in [0, 0.1) is 5.41 Å². The van der Waals surface area contributed by atoms with Crippen LogP contribution in [0.5, 0.6) is 0 Å². The Morgan fingerprint density at radius 1 is 1.41 bits per heavy atom. The summed E-state index contributed by atoms with van der Waals surface area (Å²) in [5.41, 5.74) is -0.327. The quantitative estimate of drug-likeness (QED) is 0.563. The van der Waals surface area contributed by atoms with Crippen molar-refractivity contribution in [3.8, 4) is 0 Å². The van der Waals surface area contributed by atoms with Gasteiger partial charge in [0, 0.05) is 12.0 Å². The van der Waals surface area contributed by atoms with E-state index in [-0.39, 0.29) is 17.1 Å². The van der Waals surface area contributed by atoms with Gasteiger partial charge in [-0.05, 0) is 32.4 Å². The summed E-state index contributed by atoms with van der Waals surface area (Å²) in [5, 5.41) is 10.9. The molecule has 100 valence electrons. The van der Waals surface area contributed by atoms with Gasteiger partial charge in [0.1, 0.15) is 0 Å². The molecule has 0 spiro atoms. The van der Waals surface area contributed by atoms with E-state index in [4.69, 9.17) is 5.14 Å². The SMILES string of the molecule is CC1(C(=O)NCCCS(N)(=O)=O)CCNCC1. The van der Waals surface area contributed by atoms with Gasteiger partial charge in [-0.1, -0.05) is 6.92 Å². The molecule has 0 radical (unpaired) electrons. The number of primary sulfonamides is 1. The molecular weight excluding hydrogens is 242 g/mol. The number of amides is 1. The molecule has 0 atom stereocenters. The van der Waals surface area contributed by atoms with Crippen LogP contribution in [0.25, 0.3) is 0 Å². The van der Waals surface area contributed by atoms with Gasteiger partial charge in [-0.25, -0.2) is 13.6 Å². The summed E-state index contributed by atoms with van der Waals surface area (Å²) < 4.78 is 21.4. The first-order valence-electron chi connectivity index (χ1n) is 5.83. The van der Waals surface area contributed by atoms with Crippen LogP contribution < -0.4 is 15.8 Å². The van der Waals surface area contributed by atoms with E-state index in [9.17, 15) is 13.2 Å². The van der Waals surface area contributed by atoms with Gasteiger partial charge in [0.05, 0.1) is 5.75 Å². The maximum absolute atomic E-state index is 11.9. The number of hydrogen-bond acceptors (Lipinski definition) is 4. The number of rotatable bonds is 5. The maximum atomic E-state index is 11.9. The highest BCUT2D eigenvalue weighted by Crippen LogP contribution is 2.27. The topological polar surface area (TPSA) is 101 Å². The Morgan fingerprint density at radius 3 is 2.53 bits per heavy atom. The first kappa shape index (κ1) is 14.4. The summed E-state index contributed by atoms with van der Waals surface area (Å²) in [7, 11) is -3.42. The Kier molecular flexibility index (Phi) is 4.91. The van der Waals surface area contributed by atoms with Crippen molar-refractivity contribution in [2.45, 2.75) is 26.2 Å². The van der Waals surface area contributed by atoms with E-state index in [1.54, 1.807) is 0 Å². The molecule has 1 fully saturated rings. The number of sulfonamides is 1. The van der Waals surface area contributed by atoms with Crippen LogP contribution in [0.15, 0.2) is 0 Å². The van der Waals surface area contributed by atoms with E-state index in [0.29, 0.717) is 13.0 Å². The molecule has 0 unspecified atom stereocenters. The number of nitrogens with one attached hydrogen (secondary N) is 2. The van der Waals surface area contributed by atoms with Crippen LogP contribution >= 0.6 is 0 Å². The van der Waals surface area contributed by atoms with Crippen molar-refractivity contribution in [3.63, 3.8) is 0 Å². The number of carbonyl (C=O) groups is 1. The predicted octanol–water partition coefficient (Wildman–Crippen LogP) is -0.829. The predicted molar refractivity (Wildman–Crippen MR) is 65.8 cm³/mol. The van der Waals surface area contributed by atoms with E-state index in [2.05, 4.69) is 10.6 Å². The van der Waals surface area contributed by atoms with Crippen molar-refractivity contribution in [2.75, 3.05) is 25.4 Å². The molecule has 0 bridgehead atoms. The number of nitrogens with two attached hydrogens (primary N) is 1. The van der Waals surface area contributed by atoms with E-state index < -0.39 is 10.0 Å². The second kappa shape index (κ2) is 5.79. The summed E-state index contributed by atoms with van der Waals surface area (Å²) in [6, 6.07) is 0. The normalized spacial score (nSPS) is 19.9. The fourth-order valence-corrected chi connectivity index (χ4v) is 2.44. The molecule has 0 aromatic rings. The number of piperidine rings is 1. The molecule has 1 saturated heterocycles. The van der Waals surface area contributed by atoms with Crippen molar-refractivity contribution in [1.82, 2.24) is 10.6 Å². The zero-order valence-electron chi connectivity index (χ0n) is 10.2. The molecule has 0 aromatic carbocycles. The highest BCUT2D eigenvalue weighted by Gasteiger charge is 2.33. The Bertz CT molecular complexity index is 361. The first-order chi connectivity index (χ1) is 7.83. The third kappa shape index (κ3) is 5.01. The second-order valence-electron chi connectivity index (χ2n) is 4.79. The van der Waals surface area contributed by atoms with E-state index in [1.165, 1.54) is 0 Å².